The van der Waals surface area contributed by atoms with Crippen LogP contribution in [0.25, 0.3) is 23.0 Å². The molecule has 0 saturated heterocycles. The molecule has 0 saturated carbocycles. The van der Waals surface area contributed by atoms with Crippen molar-refractivity contribution in [3.05, 3.63) is 72.4 Å². The Morgan fingerprint density at radius 2 is 1.79 bits per heavy atom. The fourth-order valence-electron chi connectivity index (χ4n) is 2.65. The van der Waals surface area contributed by atoms with Crippen LogP contribution in [-0.2, 0) is 14.3 Å². The summed E-state index contributed by atoms with van der Waals surface area (Å²) < 4.78 is 11.5. The maximum atomic E-state index is 12.0. The Bertz CT molecular complexity index is 1010. The highest BCUT2D eigenvalue weighted by atomic mass is 16.5. The molecule has 0 spiro atoms. The molecule has 1 N–H and O–H groups in total. The predicted molar refractivity (Wildman–Crippen MR) is 110 cm³/mol. The van der Waals surface area contributed by atoms with Crippen molar-refractivity contribution in [1.29, 1.82) is 0 Å². The van der Waals surface area contributed by atoms with Gasteiger partial charge in [-0.3, -0.25) is 9.59 Å². The molecule has 7 nitrogen and oxygen atoms in total. The minimum Gasteiger partial charge on any atom is -0.497 e. The average molecular weight is 391 g/mol. The standard InChI is InChI=1S/C22H21N3O4/c1-28-19-11-8-16(9-12-19)22-17(10-13-20(26)23-14-21(27)29-2)15-25(24-22)18-6-4-3-5-7-18/h3-13,15H,14H2,1-2H3,(H,23,26)/b13-10+. The molecule has 1 heterocycles. The van der Waals surface area contributed by atoms with E-state index in [-0.39, 0.29) is 6.54 Å². The summed E-state index contributed by atoms with van der Waals surface area (Å²) >= 11 is 0. The van der Waals surface area contributed by atoms with Gasteiger partial charge in [0.05, 0.1) is 25.6 Å². The van der Waals surface area contributed by atoms with Crippen LogP contribution in [0.5, 0.6) is 5.75 Å². The Labute approximate surface area is 168 Å². The lowest BCUT2D eigenvalue weighted by Gasteiger charge is -2.03. The zero-order chi connectivity index (χ0) is 20.6. The SMILES string of the molecule is COC(=O)CNC(=O)/C=C/c1cn(-c2ccccc2)nc1-c1ccc(OC)cc1. The van der Waals surface area contributed by atoms with E-state index < -0.39 is 11.9 Å². The molecule has 29 heavy (non-hydrogen) atoms. The molecule has 7 heteroatoms. The number of benzene rings is 2. The number of aromatic nitrogens is 2. The van der Waals surface area contributed by atoms with E-state index in [1.165, 1.54) is 13.2 Å². The number of para-hydroxylation sites is 1. The van der Waals surface area contributed by atoms with Crippen LogP contribution in [0.3, 0.4) is 0 Å². The zero-order valence-corrected chi connectivity index (χ0v) is 16.2. The first kappa shape index (κ1) is 19.9. The fourth-order valence-corrected chi connectivity index (χ4v) is 2.65. The van der Waals surface area contributed by atoms with Gasteiger partial charge in [-0.15, -0.1) is 0 Å². The summed E-state index contributed by atoms with van der Waals surface area (Å²) in [6, 6.07) is 17.2. The van der Waals surface area contributed by atoms with Gasteiger partial charge in [0, 0.05) is 23.4 Å². The summed E-state index contributed by atoms with van der Waals surface area (Å²) in [6.07, 6.45) is 4.87. The van der Waals surface area contributed by atoms with Gasteiger partial charge in [0.15, 0.2) is 0 Å². The normalized spacial score (nSPS) is 10.7. The summed E-state index contributed by atoms with van der Waals surface area (Å²) in [6.45, 7) is -0.186. The lowest BCUT2D eigenvalue weighted by Crippen LogP contribution is -2.28. The van der Waals surface area contributed by atoms with Gasteiger partial charge in [0.25, 0.3) is 0 Å². The van der Waals surface area contributed by atoms with E-state index in [0.29, 0.717) is 5.69 Å². The average Bonchev–Trinajstić information content (AvgIpc) is 3.21. The van der Waals surface area contributed by atoms with Crippen molar-refractivity contribution >= 4 is 18.0 Å². The molecule has 0 bridgehead atoms. The number of hydrogen-bond acceptors (Lipinski definition) is 5. The molecule has 0 atom stereocenters. The molecule has 0 unspecified atom stereocenters. The molecular formula is C22H21N3O4. The second-order valence-electron chi connectivity index (χ2n) is 6.07. The van der Waals surface area contributed by atoms with Crippen LogP contribution < -0.4 is 10.1 Å². The number of amides is 1. The molecule has 0 aliphatic heterocycles. The minimum atomic E-state index is -0.512. The molecule has 0 aliphatic carbocycles. The van der Waals surface area contributed by atoms with Crippen LogP contribution in [0.4, 0.5) is 0 Å². The van der Waals surface area contributed by atoms with Crippen LogP contribution in [0.2, 0.25) is 0 Å². The molecule has 2 aromatic carbocycles. The van der Waals surface area contributed by atoms with Gasteiger partial charge in [-0.05, 0) is 42.5 Å². The van der Waals surface area contributed by atoms with E-state index in [1.54, 1.807) is 17.9 Å². The number of ether oxygens (including phenoxy) is 2. The van der Waals surface area contributed by atoms with Crippen LogP contribution in [0.15, 0.2) is 66.9 Å². The number of rotatable bonds is 7. The van der Waals surface area contributed by atoms with E-state index in [9.17, 15) is 9.59 Å². The van der Waals surface area contributed by atoms with Crippen LogP contribution in [-0.4, -0.2) is 42.4 Å². The molecular weight excluding hydrogens is 370 g/mol. The third-order valence-electron chi connectivity index (χ3n) is 4.18. The van der Waals surface area contributed by atoms with Crippen molar-refractivity contribution in [2.24, 2.45) is 0 Å². The topological polar surface area (TPSA) is 82.5 Å². The smallest absolute Gasteiger partial charge is 0.325 e. The number of nitrogens with one attached hydrogen (secondary N) is 1. The van der Waals surface area contributed by atoms with Gasteiger partial charge in [0.2, 0.25) is 5.91 Å². The molecule has 148 valence electrons. The van der Waals surface area contributed by atoms with Crippen LogP contribution in [0.1, 0.15) is 5.56 Å². The summed E-state index contributed by atoms with van der Waals surface area (Å²) in [5.41, 5.74) is 3.26. The van der Waals surface area contributed by atoms with Crippen molar-refractivity contribution in [2.75, 3.05) is 20.8 Å². The number of esters is 1. The molecule has 1 aromatic heterocycles. The lowest BCUT2D eigenvalue weighted by atomic mass is 10.1. The van der Waals surface area contributed by atoms with Gasteiger partial charge in [-0.1, -0.05) is 18.2 Å². The first-order chi connectivity index (χ1) is 14.1. The van der Waals surface area contributed by atoms with Crippen molar-refractivity contribution in [1.82, 2.24) is 15.1 Å². The highest BCUT2D eigenvalue weighted by Crippen LogP contribution is 2.26. The molecule has 3 rings (SSSR count). The lowest BCUT2D eigenvalue weighted by molar-refractivity contribution is -0.140. The molecule has 1 amide bonds. The Morgan fingerprint density at radius 3 is 2.45 bits per heavy atom. The van der Waals surface area contributed by atoms with Crippen LogP contribution in [0, 0.1) is 0 Å². The van der Waals surface area contributed by atoms with Crippen LogP contribution >= 0.6 is 0 Å². The van der Waals surface area contributed by atoms with Crippen molar-refractivity contribution in [3.8, 4) is 22.7 Å². The Hall–Kier alpha value is -3.87. The first-order valence-electron chi connectivity index (χ1n) is 8.93. The fraction of sp³-hybridized carbons (Fsp3) is 0.136. The highest BCUT2D eigenvalue weighted by molar-refractivity contribution is 5.94. The number of nitrogens with zero attached hydrogens (tertiary/aromatic N) is 2. The number of hydrogen-bond donors (Lipinski definition) is 1. The largest absolute Gasteiger partial charge is 0.497 e. The number of carbonyl (C=O) groups is 2. The quantitative estimate of drug-likeness (QED) is 0.495. The van der Waals surface area contributed by atoms with Gasteiger partial charge in [-0.2, -0.15) is 5.10 Å². The van der Waals surface area contributed by atoms with Crippen molar-refractivity contribution in [3.63, 3.8) is 0 Å². The molecule has 0 radical (unpaired) electrons. The zero-order valence-electron chi connectivity index (χ0n) is 16.2. The second-order valence-corrected chi connectivity index (χ2v) is 6.07. The summed E-state index contributed by atoms with van der Waals surface area (Å²) in [7, 11) is 2.88. The maximum absolute atomic E-state index is 12.0. The Morgan fingerprint density at radius 1 is 1.07 bits per heavy atom. The predicted octanol–water partition coefficient (Wildman–Crippen LogP) is 2.85. The van der Waals surface area contributed by atoms with E-state index in [2.05, 4.69) is 10.1 Å². The third kappa shape index (κ3) is 5.10. The third-order valence-corrected chi connectivity index (χ3v) is 4.18. The van der Waals surface area contributed by atoms with E-state index in [0.717, 1.165) is 22.6 Å². The summed E-state index contributed by atoms with van der Waals surface area (Å²) in [5, 5.41) is 7.16. The number of methoxy groups -OCH3 is 2. The van der Waals surface area contributed by atoms with Crippen molar-refractivity contribution < 1.29 is 19.1 Å². The van der Waals surface area contributed by atoms with Gasteiger partial charge in [-0.25, -0.2) is 4.68 Å². The summed E-state index contributed by atoms with van der Waals surface area (Å²) in [4.78, 5) is 23.2. The van der Waals surface area contributed by atoms with E-state index >= 15 is 0 Å². The summed E-state index contributed by atoms with van der Waals surface area (Å²) in [5.74, 6) is -0.165. The minimum absolute atomic E-state index is 0.186. The second kappa shape index (κ2) is 9.36. The van der Waals surface area contributed by atoms with E-state index in [1.807, 2.05) is 60.8 Å². The molecule has 0 aliphatic rings. The van der Waals surface area contributed by atoms with E-state index in [4.69, 9.17) is 9.84 Å². The molecule has 3 aromatic rings. The monoisotopic (exact) mass is 391 g/mol. The Balaban J connectivity index is 1.91. The first-order valence-corrected chi connectivity index (χ1v) is 8.93. The van der Waals surface area contributed by atoms with Gasteiger partial charge >= 0.3 is 5.97 Å². The number of carbonyl (C=O) groups excluding carboxylic acids is 2. The highest BCUT2D eigenvalue weighted by Gasteiger charge is 2.11. The van der Waals surface area contributed by atoms with Crippen molar-refractivity contribution in [2.45, 2.75) is 0 Å². The van der Waals surface area contributed by atoms with Gasteiger partial charge < -0.3 is 14.8 Å². The molecule has 0 fully saturated rings. The Kier molecular flexibility index (Phi) is 6.42. The van der Waals surface area contributed by atoms with Gasteiger partial charge in [0.1, 0.15) is 12.3 Å². The maximum Gasteiger partial charge on any atom is 0.325 e.